The lowest BCUT2D eigenvalue weighted by molar-refractivity contribution is -0.0124. The van der Waals surface area contributed by atoms with Crippen LogP contribution in [0.2, 0.25) is 0 Å². The Morgan fingerprint density at radius 2 is 2.50 bits per heavy atom. The molecule has 1 rings (SSSR count). The van der Waals surface area contributed by atoms with Gasteiger partial charge in [0, 0.05) is 31.9 Å². The Labute approximate surface area is 77.7 Å². The van der Waals surface area contributed by atoms with Gasteiger partial charge < -0.3 is 15.6 Å². The molecule has 1 fully saturated rings. The molecule has 1 aliphatic heterocycles. The fourth-order valence-corrected chi connectivity index (χ4v) is 2.62. The van der Waals surface area contributed by atoms with Gasteiger partial charge >= 0.3 is 0 Å². The van der Waals surface area contributed by atoms with Gasteiger partial charge in [-0.05, 0) is 12.2 Å². The molecule has 0 spiro atoms. The number of aliphatic hydroxyl groups is 1. The van der Waals surface area contributed by atoms with Gasteiger partial charge in [-0.25, -0.2) is 0 Å². The molecule has 0 saturated carbocycles. The molecule has 0 bridgehead atoms. The third-order valence-electron chi connectivity index (χ3n) is 2.41. The van der Waals surface area contributed by atoms with Gasteiger partial charge in [0.2, 0.25) is 0 Å². The average molecular weight is 191 g/mol. The second-order valence-electron chi connectivity index (χ2n) is 3.28. The fraction of sp³-hybridized carbons (Fsp3) is 1.00. The molecule has 72 valence electrons. The Morgan fingerprint density at radius 3 is 3.08 bits per heavy atom. The molecule has 3 N–H and O–H groups in total. The second-order valence-corrected chi connectivity index (χ2v) is 4.43. The predicted octanol–water partition coefficient (Wildman–Crippen LogP) is 0.218. The normalized spacial score (nSPS) is 36.8. The molecule has 1 aliphatic rings. The molecule has 3 nitrogen and oxygen atoms in total. The first kappa shape index (κ1) is 10.3. The van der Waals surface area contributed by atoms with Crippen LogP contribution in [0.1, 0.15) is 12.8 Å². The van der Waals surface area contributed by atoms with Crippen LogP contribution in [-0.4, -0.2) is 42.0 Å². The summed E-state index contributed by atoms with van der Waals surface area (Å²) in [4.78, 5) is 0. The Bertz CT molecular complexity index is 145. The monoisotopic (exact) mass is 191 g/mol. The molecule has 0 amide bonds. The molecule has 0 radical (unpaired) electrons. The quantitative estimate of drug-likeness (QED) is 0.670. The summed E-state index contributed by atoms with van der Waals surface area (Å²) >= 11 is 1.81. The van der Waals surface area contributed by atoms with Crippen molar-refractivity contribution in [1.29, 1.82) is 0 Å². The molecule has 2 atom stereocenters. The van der Waals surface area contributed by atoms with E-state index in [1.807, 2.05) is 11.8 Å². The lowest BCUT2D eigenvalue weighted by atomic mass is 9.89. The zero-order valence-corrected chi connectivity index (χ0v) is 8.27. The number of hydrogen-bond acceptors (Lipinski definition) is 4. The van der Waals surface area contributed by atoms with Gasteiger partial charge in [0.25, 0.3) is 0 Å². The summed E-state index contributed by atoms with van der Waals surface area (Å²) in [6.45, 7) is 0.592. The number of ether oxygens (including phenoxy) is 1. The van der Waals surface area contributed by atoms with Gasteiger partial charge in [-0.3, -0.25) is 0 Å². The summed E-state index contributed by atoms with van der Waals surface area (Å²) in [5.74, 6) is 1.87. The summed E-state index contributed by atoms with van der Waals surface area (Å²) in [6.07, 6.45) is 1.45. The van der Waals surface area contributed by atoms with Crippen molar-refractivity contribution in [3.05, 3.63) is 0 Å². The predicted molar refractivity (Wildman–Crippen MR) is 51.4 cm³/mol. The van der Waals surface area contributed by atoms with Crippen LogP contribution in [0.4, 0.5) is 0 Å². The fourth-order valence-electron chi connectivity index (χ4n) is 1.39. The zero-order valence-electron chi connectivity index (χ0n) is 7.45. The largest absolute Gasteiger partial charge is 0.388 e. The summed E-state index contributed by atoms with van der Waals surface area (Å²) in [5, 5.41) is 10.1. The molecule has 4 heteroatoms. The van der Waals surface area contributed by atoms with E-state index in [4.69, 9.17) is 10.5 Å². The van der Waals surface area contributed by atoms with Crippen molar-refractivity contribution in [3.63, 3.8) is 0 Å². The summed E-state index contributed by atoms with van der Waals surface area (Å²) in [7, 11) is 1.65. The Morgan fingerprint density at radius 1 is 1.75 bits per heavy atom. The lowest BCUT2D eigenvalue weighted by Gasteiger charge is -2.37. The van der Waals surface area contributed by atoms with Crippen molar-refractivity contribution >= 4 is 11.8 Å². The van der Waals surface area contributed by atoms with Gasteiger partial charge in [0.15, 0.2) is 0 Å². The maximum atomic E-state index is 10.1. The van der Waals surface area contributed by atoms with E-state index in [1.54, 1.807) is 7.11 Å². The number of rotatable bonds is 3. The van der Waals surface area contributed by atoms with Crippen molar-refractivity contribution in [2.75, 3.05) is 25.2 Å². The van der Waals surface area contributed by atoms with Crippen LogP contribution in [0.25, 0.3) is 0 Å². The molecule has 12 heavy (non-hydrogen) atoms. The first-order chi connectivity index (χ1) is 5.69. The van der Waals surface area contributed by atoms with Gasteiger partial charge in [0.05, 0.1) is 5.60 Å². The molecule has 1 saturated heterocycles. The minimum Gasteiger partial charge on any atom is -0.388 e. The van der Waals surface area contributed by atoms with Crippen LogP contribution in [0.15, 0.2) is 0 Å². The highest BCUT2D eigenvalue weighted by atomic mass is 32.2. The van der Waals surface area contributed by atoms with E-state index in [-0.39, 0.29) is 6.04 Å². The van der Waals surface area contributed by atoms with Crippen molar-refractivity contribution in [2.24, 2.45) is 5.73 Å². The number of methoxy groups -OCH3 is 1. The smallest absolute Gasteiger partial charge is 0.0835 e. The van der Waals surface area contributed by atoms with E-state index < -0.39 is 5.60 Å². The van der Waals surface area contributed by atoms with Crippen LogP contribution in [-0.2, 0) is 4.74 Å². The molecule has 2 unspecified atom stereocenters. The molecule has 0 aromatic rings. The second kappa shape index (κ2) is 4.46. The number of hydrogen-bond donors (Lipinski definition) is 2. The molecule has 0 aromatic heterocycles. The van der Waals surface area contributed by atoms with Crippen molar-refractivity contribution in [1.82, 2.24) is 0 Å². The van der Waals surface area contributed by atoms with E-state index >= 15 is 0 Å². The molecular formula is C8H17NO2S. The van der Waals surface area contributed by atoms with Crippen molar-refractivity contribution in [3.8, 4) is 0 Å². The first-order valence-corrected chi connectivity index (χ1v) is 5.39. The summed E-state index contributed by atoms with van der Waals surface area (Å²) in [5.41, 5.74) is 5.15. The van der Waals surface area contributed by atoms with Crippen LogP contribution >= 0.6 is 11.8 Å². The maximum Gasteiger partial charge on any atom is 0.0835 e. The first-order valence-electron chi connectivity index (χ1n) is 4.24. The molecule has 1 heterocycles. The topological polar surface area (TPSA) is 55.5 Å². The van der Waals surface area contributed by atoms with Crippen LogP contribution < -0.4 is 5.73 Å². The maximum absolute atomic E-state index is 10.1. The summed E-state index contributed by atoms with van der Waals surface area (Å²) < 4.78 is 4.94. The minimum absolute atomic E-state index is 0.0913. The van der Waals surface area contributed by atoms with Crippen molar-refractivity contribution in [2.45, 2.75) is 24.5 Å². The van der Waals surface area contributed by atoms with E-state index in [0.717, 1.165) is 17.9 Å². The number of thioether (sulfide) groups is 1. The van der Waals surface area contributed by atoms with Crippen molar-refractivity contribution < 1.29 is 9.84 Å². The van der Waals surface area contributed by atoms with Gasteiger partial charge in [-0.15, -0.1) is 0 Å². The lowest BCUT2D eigenvalue weighted by Crippen LogP contribution is -2.52. The summed E-state index contributed by atoms with van der Waals surface area (Å²) in [6, 6.07) is -0.0913. The van der Waals surface area contributed by atoms with Gasteiger partial charge in [0.1, 0.15) is 0 Å². The SMILES string of the molecule is COCCC1(O)CCSCC1N. The van der Waals surface area contributed by atoms with E-state index in [0.29, 0.717) is 13.0 Å². The molecule has 0 aliphatic carbocycles. The van der Waals surface area contributed by atoms with Gasteiger partial charge in [-0.2, -0.15) is 11.8 Å². The highest BCUT2D eigenvalue weighted by molar-refractivity contribution is 7.99. The highest BCUT2D eigenvalue weighted by Gasteiger charge is 2.36. The van der Waals surface area contributed by atoms with Crippen LogP contribution in [0.5, 0.6) is 0 Å². The number of nitrogens with two attached hydrogens (primary N) is 1. The van der Waals surface area contributed by atoms with Crippen LogP contribution in [0, 0.1) is 0 Å². The molecular weight excluding hydrogens is 174 g/mol. The average Bonchev–Trinajstić information content (AvgIpc) is 2.07. The van der Waals surface area contributed by atoms with Crippen LogP contribution in [0.3, 0.4) is 0 Å². The Kier molecular flexibility index (Phi) is 3.83. The Hall–Kier alpha value is 0.230. The minimum atomic E-state index is -0.679. The standard InChI is InChI=1S/C8H17NO2S/c1-11-4-2-8(10)3-5-12-6-7(8)9/h7,10H,2-6,9H2,1H3. The molecule has 0 aromatic carbocycles. The van der Waals surface area contributed by atoms with E-state index in [1.165, 1.54) is 0 Å². The Balaban J connectivity index is 2.42. The van der Waals surface area contributed by atoms with E-state index in [2.05, 4.69) is 0 Å². The zero-order chi connectivity index (χ0) is 9.03. The van der Waals surface area contributed by atoms with E-state index in [9.17, 15) is 5.11 Å². The third-order valence-corrected chi connectivity index (χ3v) is 3.49. The van der Waals surface area contributed by atoms with Gasteiger partial charge in [-0.1, -0.05) is 0 Å². The highest BCUT2D eigenvalue weighted by Crippen LogP contribution is 2.28. The third kappa shape index (κ3) is 2.36.